The zero-order valence-corrected chi connectivity index (χ0v) is 10.9. The van der Waals surface area contributed by atoms with Crippen LogP contribution in [0.3, 0.4) is 0 Å². The molecule has 1 atom stereocenters. The summed E-state index contributed by atoms with van der Waals surface area (Å²) in [6, 6.07) is 0. The van der Waals surface area contributed by atoms with Crippen molar-refractivity contribution in [2.75, 3.05) is 5.33 Å². The van der Waals surface area contributed by atoms with Gasteiger partial charge in [0.05, 0.1) is 0 Å². The lowest BCUT2D eigenvalue weighted by Gasteiger charge is -2.35. The zero-order chi connectivity index (χ0) is 10.6. The molecule has 1 aliphatic rings. The van der Waals surface area contributed by atoms with Gasteiger partial charge in [-0.3, -0.25) is 4.79 Å². The molecule has 82 valence electrons. The van der Waals surface area contributed by atoms with Gasteiger partial charge in [-0.1, -0.05) is 36.2 Å². The van der Waals surface area contributed by atoms with Crippen molar-refractivity contribution in [3.8, 4) is 0 Å². The van der Waals surface area contributed by atoms with Gasteiger partial charge >= 0.3 is 0 Å². The molecule has 1 fully saturated rings. The molecule has 0 aromatic heterocycles. The Morgan fingerprint density at radius 2 is 2.14 bits per heavy atom. The quantitative estimate of drug-likeness (QED) is 0.700. The minimum Gasteiger partial charge on any atom is -0.299 e. The van der Waals surface area contributed by atoms with Crippen LogP contribution in [0.15, 0.2) is 0 Å². The average molecular weight is 261 g/mol. The summed E-state index contributed by atoms with van der Waals surface area (Å²) in [6.07, 6.45) is 6.64. The predicted molar refractivity (Wildman–Crippen MR) is 63.8 cm³/mol. The third kappa shape index (κ3) is 3.08. The fourth-order valence-corrected chi connectivity index (χ4v) is 2.79. The van der Waals surface area contributed by atoms with Crippen LogP contribution in [0, 0.1) is 11.3 Å². The van der Waals surface area contributed by atoms with Crippen LogP contribution in [-0.4, -0.2) is 11.1 Å². The van der Waals surface area contributed by atoms with Gasteiger partial charge in [0.25, 0.3) is 0 Å². The summed E-state index contributed by atoms with van der Waals surface area (Å²) in [5, 5.41) is 1.05. The molecule has 1 rings (SSSR count). The van der Waals surface area contributed by atoms with E-state index in [9.17, 15) is 4.79 Å². The number of rotatable bonds is 4. The fourth-order valence-electron chi connectivity index (χ4n) is 2.51. The Bertz CT molecular complexity index is 198. The summed E-state index contributed by atoms with van der Waals surface area (Å²) < 4.78 is 0. The molecule has 2 heteroatoms. The first-order valence-corrected chi connectivity index (χ1v) is 6.79. The van der Waals surface area contributed by atoms with Gasteiger partial charge in [0.1, 0.15) is 5.78 Å². The highest BCUT2D eigenvalue weighted by Crippen LogP contribution is 2.39. The molecule has 0 bridgehead atoms. The van der Waals surface area contributed by atoms with E-state index in [0.29, 0.717) is 11.7 Å². The summed E-state index contributed by atoms with van der Waals surface area (Å²) in [5.74, 6) is 0.839. The van der Waals surface area contributed by atoms with Gasteiger partial charge in [0.2, 0.25) is 0 Å². The number of alkyl halides is 1. The summed E-state index contributed by atoms with van der Waals surface area (Å²) in [6.45, 7) is 4.51. The smallest absolute Gasteiger partial charge is 0.136 e. The fraction of sp³-hybridized carbons (Fsp3) is 0.917. The van der Waals surface area contributed by atoms with Crippen LogP contribution in [0.25, 0.3) is 0 Å². The third-order valence-corrected chi connectivity index (χ3v) is 4.01. The van der Waals surface area contributed by atoms with Crippen LogP contribution >= 0.6 is 15.9 Å². The molecule has 0 aliphatic heterocycles. The van der Waals surface area contributed by atoms with Gasteiger partial charge in [0.15, 0.2) is 0 Å². The second-order valence-corrected chi connectivity index (χ2v) is 5.84. The van der Waals surface area contributed by atoms with Crippen molar-refractivity contribution >= 4 is 21.7 Å². The van der Waals surface area contributed by atoms with Crippen LogP contribution in [0.1, 0.15) is 52.4 Å². The molecule has 1 saturated carbocycles. The highest BCUT2D eigenvalue weighted by Gasteiger charge is 2.35. The van der Waals surface area contributed by atoms with Crippen molar-refractivity contribution in [1.29, 1.82) is 0 Å². The second kappa shape index (κ2) is 5.29. The van der Waals surface area contributed by atoms with Crippen molar-refractivity contribution in [1.82, 2.24) is 0 Å². The number of ketones is 1. The first-order chi connectivity index (χ1) is 6.58. The predicted octanol–water partition coefficient (Wildman–Crippen LogP) is 3.95. The lowest BCUT2D eigenvalue weighted by Crippen LogP contribution is -2.33. The Hall–Kier alpha value is 0.150. The summed E-state index contributed by atoms with van der Waals surface area (Å²) in [5.41, 5.74) is 0.214. The highest BCUT2D eigenvalue weighted by atomic mass is 79.9. The third-order valence-electron chi connectivity index (χ3n) is 3.45. The van der Waals surface area contributed by atoms with Crippen molar-refractivity contribution in [2.45, 2.75) is 52.4 Å². The molecular formula is C12H21BrO. The summed E-state index contributed by atoms with van der Waals surface area (Å²) in [7, 11) is 0. The van der Waals surface area contributed by atoms with E-state index < -0.39 is 0 Å². The molecular weight excluding hydrogens is 240 g/mol. The Balaban J connectivity index is 2.54. The van der Waals surface area contributed by atoms with Crippen LogP contribution < -0.4 is 0 Å². The molecule has 0 spiro atoms. The lowest BCUT2D eigenvalue weighted by atomic mass is 9.68. The lowest BCUT2D eigenvalue weighted by molar-refractivity contribution is -0.128. The molecule has 0 aromatic rings. The highest BCUT2D eigenvalue weighted by molar-refractivity contribution is 9.09. The van der Waals surface area contributed by atoms with Crippen molar-refractivity contribution in [3.05, 3.63) is 0 Å². The van der Waals surface area contributed by atoms with Crippen LogP contribution in [0.5, 0.6) is 0 Å². The molecule has 0 aromatic carbocycles. The molecule has 1 aliphatic carbocycles. The Morgan fingerprint density at radius 3 is 2.71 bits per heavy atom. The number of hydrogen-bond acceptors (Lipinski definition) is 1. The number of Topliss-reactive ketones (excluding diaryl/α,β-unsaturated/α-hetero) is 1. The van der Waals surface area contributed by atoms with Gasteiger partial charge in [-0.2, -0.15) is 0 Å². The summed E-state index contributed by atoms with van der Waals surface area (Å²) in [4.78, 5) is 11.8. The van der Waals surface area contributed by atoms with Gasteiger partial charge in [-0.15, -0.1) is 0 Å². The standard InChI is InChI=1S/C12H21BrO/c1-12(2,8-5-9-13)10-6-3-4-7-11(10)14/h10H,3-9H2,1-2H3. The largest absolute Gasteiger partial charge is 0.299 e. The van der Waals surface area contributed by atoms with E-state index in [1.54, 1.807) is 0 Å². The molecule has 0 N–H and O–H groups in total. The van der Waals surface area contributed by atoms with Crippen LogP contribution in [-0.2, 0) is 4.79 Å². The minimum atomic E-state index is 0.214. The normalized spacial score (nSPS) is 23.9. The number of carbonyl (C=O) groups is 1. The Kier molecular flexibility index (Phi) is 4.62. The first kappa shape index (κ1) is 12.2. The molecule has 0 amide bonds. The zero-order valence-electron chi connectivity index (χ0n) is 9.31. The van der Waals surface area contributed by atoms with Crippen LogP contribution in [0.4, 0.5) is 0 Å². The maximum absolute atomic E-state index is 11.8. The number of carbonyl (C=O) groups excluding carboxylic acids is 1. The van der Waals surface area contributed by atoms with E-state index in [1.807, 2.05) is 0 Å². The van der Waals surface area contributed by atoms with Crippen molar-refractivity contribution in [3.63, 3.8) is 0 Å². The monoisotopic (exact) mass is 260 g/mol. The van der Waals surface area contributed by atoms with Gasteiger partial charge in [-0.05, 0) is 31.1 Å². The van der Waals surface area contributed by atoms with Crippen molar-refractivity contribution < 1.29 is 4.79 Å². The van der Waals surface area contributed by atoms with Gasteiger partial charge in [0, 0.05) is 17.7 Å². The average Bonchev–Trinajstić information content (AvgIpc) is 2.15. The van der Waals surface area contributed by atoms with E-state index in [1.165, 1.54) is 12.8 Å². The van der Waals surface area contributed by atoms with E-state index in [0.717, 1.165) is 31.0 Å². The van der Waals surface area contributed by atoms with E-state index >= 15 is 0 Å². The Morgan fingerprint density at radius 1 is 1.43 bits per heavy atom. The van der Waals surface area contributed by atoms with E-state index in [4.69, 9.17) is 0 Å². The van der Waals surface area contributed by atoms with Crippen molar-refractivity contribution in [2.24, 2.45) is 11.3 Å². The topological polar surface area (TPSA) is 17.1 Å². The first-order valence-electron chi connectivity index (χ1n) is 5.66. The number of halogens is 1. The second-order valence-electron chi connectivity index (χ2n) is 5.05. The molecule has 0 radical (unpaired) electrons. The van der Waals surface area contributed by atoms with Gasteiger partial charge < -0.3 is 0 Å². The molecule has 1 unspecified atom stereocenters. The van der Waals surface area contributed by atoms with Gasteiger partial charge in [-0.25, -0.2) is 0 Å². The maximum Gasteiger partial charge on any atom is 0.136 e. The molecule has 14 heavy (non-hydrogen) atoms. The Labute approximate surface area is 95.8 Å². The SMILES string of the molecule is CC(C)(CCCBr)C1CCCCC1=O. The van der Waals surface area contributed by atoms with E-state index in [2.05, 4.69) is 29.8 Å². The van der Waals surface area contributed by atoms with E-state index in [-0.39, 0.29) is 5.41 Å². The van der Waals surface area contributed by atoms with Crippen LogP contribution in [0.2, 0.25) is 0 Å². The minimum absolute atomic E-state index is 0.214. The summed E-state index contributed by atoms with van der Waals surface area (Å²) >= 11 is 3.46. The molecule has 0 heterocycles. The molecule has 0 saturated heterocycles. The molecule has 1 nitrogen and oxygen atoms in total. The maximum atomic E-state index is 11.8. The number of hydrogen-bond donors (Lipinski definition) is 0.